The lowest BCUT2D eigenvalue weighted by Crippen LogP contribution is -2.34. The predicted molar refractivity (Wildman–Crippen MR) is 92.1 cm³/mol. The van der Waals surface area contributed by atoms with Gasteiger partial charge in [0.25, 0.3) is 0 Å². The maximum atomic E-state index is 9.20. The van der Waals surface area contributed by atoms with Crippen LogP contribution in [0.25, 0.3) is 10.6 Å². The van der Waals surface area contributed by atoms with E-state index in [9.17, 15) is 5.11 Å². The van der Waals surface area contributed by atoms with E-state index in [-0.39, 0.29) is 6.61 Å². The maximum Gasteiger partial charge on any atom is 0.123 e. The summed E-state index contributed by atoms with van der Waals surface area (Å²) in [4.78, 5) is 6.28. The van der Waals surface area contributed by atoms with Gasteiger partial charge in [-0.3, -0.25) is 0 Å². The van der Waals surface area contributed by atoms with Crippen molar-refractivity contribution < 1.29 is 5.11 Å². The summed E-state index contributed by atoms with van der Waals surface area (Å²) < 4.78 is 0. The second-order valence-electron chi connectivity index (χ2n) is 5.92. The Morgan fingerprint density at radius 1 is 1.36 bits per heavy atom. The van der Waals surface area contributed by atoms with Crippen molar-refractivity contribution in [3.05, 3.63) is 40.9 Å². The molecule has 1 heterocycles. The third-order valence-corrected chi connectivity index (χ3v) is 5.64. The molecule has 0 aliphatic heterocycles. The van der Waals surface area contributed by atoms with Gasteiger partial charge in [-0.15, -0.1) is 11.3 Å². The second kappa shape index (κ2) is 7.36. The van der Waals surface area contributed by atoms with Crippen molar-refractivity contribution in [1.29, 1.82) is 0 Å². The highest BCUT2D eigenvalue weighted by Gasteiger charge is 2.26. The van der Waals surface area contributed by atoms with Gasteiger partial charge in [0.05, 0.1) is 5.69 Å². The molecule has 1 aromatic heterocycles. The first kappa shape index (κ1) is 15.7. The first-order valence-electron chi connectivity index (χ1n) is 8.23. The fraction of sp³-hybridized carbons (Fsp3) is 0.500. The molecule has 0 saturated carbocycles. The number of aromatic nitrogens is 1. The SMILES string of the molecule is CCC(CCO)NC1CCCc2nc(-c3ccccc3)sc21. The fourth-order valence-electron chi connectivity index (χ4n) is 3.13. The molecule has 22 heavy (non-hydrogen) atoms. The summed E-state index contributed by atoms with van der Waals surface area (Å²) in [7, 11) is 0. The first-order chi connectivity index (χ1) is 10.8. The number of aliphatic hydroxyl groups excluding tert-OH is 1. The highest BCUT2D eigenvalue weighted by Crippen LogP contribution is 2.38. The van der Waals surface area contributed by atoms with Gasteiger partial charge in [-0.1, -0.05) is 37.3 Å². The molecule has 2 atom stereocenters. The van der Waals surface area contributed by atoms with Gasteiger partial charge in [0.2, 0.25) is 0 Å². The summed E-state index contributed by atoms with van der Waals surface area (Å²) in [5, 5.41) is 14.1. The number of nitrogens with one attached hydrogen (secondary N) is 1. The molecule has 4 heteroatoms. The van der Waals surface area contributed by atoms with Crippen LogP contribution in [0.15, 0.2) is 30.3 Å². The Bertz CT molecular complexity index is 596. The summed E-state index contributed by atoms with van der Waals surface area (Å²) in [6, 6.07) is 11.2. The molecule has 0 fully saturated rings. The Hall–Kier alpha value is -1.23. The summed E-state index contributed by atoms with van der Waals surface area (Å²) in [6.07, 6.45) is 5.33. The van der Waals surface area contributed by atoms with Crippen LogP contribution in [0, 0.1) is 0 Å². The van der Waals surface area contributed by atoms with Gasteiger partial charge in [-0.25, -0.2) is 4.98 Å². The number of hydrogen-bond donors (Lipinski definition) is 2. The van der Waals surface area contributed by atoms with Crippen LogP contribution in [0.1, 0.15) is 49.2 Å². The van der Waals surface area contributed by atoms with Gasteiger partial charge in [-0.2, -0.15) is 0 Å². The standard InChI is InChI=1S/C18H24N2OS/c1-2-14(11-12-21)19-15-9-6-10-16-17(15)22-18(20-16)13-7-4-3-5-8-13/h3-5,7-8,14-15,19,21H,2,6,9-12H2,1H3. The van der Waals surface area contributed by atoms with Crippen LogP contribution < -0.4 is 5.32 Å². The molecular formula is C18H24N2OS. The number of nitrogens with zero attached hydrogens (tertiary/aromatic N) is 1. The van der Waals surface area contributed by atoms with Crippen molar-refractivity contribution in [3.63, 3.8) is 0 Å². The van der Waals surface area contributed by atoms with Crippen LogP contribution in [0.2, 0.25) is 0 Å². The van der Waals surface area contributed by atoms with E-state index in [1.807, 2.05) is 17.4 Å². The van der Waals surface area contributed by atoms with Crippen LogP contribution in [0.4, 0.5) is 0 Å². The fourth-order valence-corrected chi connectivity index (χ4v) is 4.34. The molecular weight excluding hydrogens is 292 g/mol. The summed E-state index contributed by atoms with van der Waals surface area (Å²) in [6.45, 7) is 2.43. The van der Waals surface area contributed by atoms with Crippen molar-refractivity contribution in [2.45, 2.75) is 51.1 Å². The smallest absolute Gasteiger partial charge is 0.123 e. The average molecular weight is 316 g/mol. The minimum absolute atomic E-state index is 0.253. The van der Waals surface area contributed by atoms with Gasteiger partial charge in [0.15, 0.2) is 0 Å². The summed E-state index contributed by atoms with van der Waals surface area (Å²) >= 11 is 1.83. The maximum absolute atomic E-state index is 9.20. The Morgan fingerprint density at radius 3 is 2.91 bits per heavy atom. The highest BCUT2D eigenvalue weighted by atomic mass is 32.1. The van der Waals surface area contributed by atoms with Crippen molar-refractivity contribution in [1.82, 2.24) is 10.3 Å². The van der Waals surface area contributed by atoms with E-state index in [4.69, 9.17) is 4.98 Å². The number of benzene rings is 1. The zero-order valence-corrected chi connectivity index (χ0v) is 13.9. The van der Waals surface area contributed by atoms with Crippen LogP contribution in [0.5, 0.6) is 0 Å². The largest absolute Gasteiger partial charge is 0.396 e. The molecule has 1 aliphatic rings. The number of rotatable bonds is 6. The number of aliphatic hydroxyl groups is 1. The molecule has 1 aliphatic carbocycles. The zero-order valence-electron chi connectivity index (χ0n) is 13.1. The topological polar surface area (TPSA) is 45.1 Å². The second-order valence-corrected chi connectivity index (χ2v) is 6.96. The van der Waals surface area contributed by atoms with Gasteiger partial charge < -0.3 is 10.4 Å². The van der Waals surface area contributed by atoms with Crippen molar-refractivity contribution in [2.24, 2.45) is 0 Å². The molecule has 0 bridgehead atoms. The quantitative estimate of drug-likeness (QED) is 0.848. The lowest BCUT2D eigenvalue weighted by molar-refractivity contribution is 0.252. The van der Waals surface area contributed by atoms with Crippen molar-refractivity contribution in [2.75, 3.05) is 6.61 Å². The molecule has 118 valence electrons. The van der Waals surface area contributed by atoms with E-state index >= 15 is 0 Å². The Kier molecular flexibility index (Phi) is 5.24. The Morgan fingerprint density at radius 2 is 2.18 bits per heavy atom. The van der Waals surface area contributed by atoms with Crippen LogP contribution in [-0.2, 0) is 6.42 Å². The minimum atomic E-state index is 0.253. The molecule has 1 aromatic carbocycles. The third-order valence-electron chi connectivity index (χ3n) is 4.38. The monoisotopic (exact) mass is 316 g/mol. The minimum Gasteiger partial charge on any atom is -0.396 e. The summed E-state index contributed by atoms with van der Waals surface area (Å²) in [5.41, 5.74) is 2.48. The van der Waals surface area contributed by atoms with Crippen LogP contribution in [-0.4, -0.2) is 22.7 Å². The van der Waals surface area contributed by atoms with E-state index < -0.39 is 0 Å². The molecule has 0 saturated heterocycles. The highest BCUT2D eigenvalue weighted by molar-refractivity contribution is 7.15. The molecule has 3 rings (SSSR count). The first-order valence-corrected chi connectivity index (χ1v) is 9.05. The number of fused-ring (bicyclic) bond motifs is 1. The third kappa shape index (κ3) is 3.40. The zero-order chi connectivity index (χ0) is 15.4. The van der Waals surface area contributed by atoms with E-state index in [0.717, 1.165) is 24.3 Å². The summed E-state index contributed by atoms with van der Waals surface area (Å²) in [5.74, 6) is 0. The van der Waals surface area contributed by atoms with E-state index in [1.54, 1.807) is 0 Å². The molecule has 0 spiro atoms. The molecule has 0 radical (unpaired) electrons. The average Bonchev–Trinajstić information content (AvgIpc) is 3.00. The Balaban J connectivity index is 1.82. The normalized spacial score (nSPS) is 18.9. The van der Waals surface area contributed by atoms with E-state index in [0.29, 0.717) is 12.1 Å². The van der Waals surface area contributed by atoms with Gasteiger partial charge >= 0.3 is 0 Å². The number of hydrogen-bond acceptors (Lipinski definition) is 4. The van der Waals surface area contributed by atoms with Crippen LogP contribution in [0.3, 0.4) is 0 Å². The van der Waals surface area contributed by atoms with Crippen molar-refractivity contribution >= 4 is 11.3 Å². The van der Waals surface area contributed by atoms with E-state index in [2.05, 4.69) is 36.5 Å². The lowest BCUT2D eigenvalue weighted by Gasteiger charge is -2.27. The van der Waals surface area contributed by atoms with Gasteiger partial charge in [-0.05, 0) is 32.1 Å². The van der Waals surface area contributed by atoms with Gasteiger partial charge in [0, 0.05) is 29.1 Å². The van der Waals surface area contributed by atoms with Crippen molar-refractivity contribution in [3.8, 4) is 10.6 Å². The van der Waals surface area contributed by atoms with Gasteiger partial charge in [0.1, 0.15) is 5.01 Å². The predicted octanol–water partition coefficient (Wildman–Crippen LogP) is 3.94. The molecule has 2 aromatic rings. The van der Waals surface area contributed by atoms with Crippen LogP contribution >= 0.6 is 11.3 Å². The molecule has 0 amide bonds. The molecule has 3 nitrogen and oxygen atoms in total. The van der Waals surface area contributed by atoms with E-state index in [1.165, 1.54) is 29.0 Å². The number of aryl methyl sites for hydroxylation is 1. The molecule has 2 unspecified atom stereocenters. The Labute approximate surface area is 136 Å². The lowest BCUT2D eigenvalue weighted by atomic mass is 9.96. The number of thiazole rings is 1. The molecule has 2 N–H and O–H groups in total.